The number of benzene rings is 2. The summed E-state index contributed by atoms with van der Waals surface area (Å²) in [6, 6.07) is 12.3. The molecule has 0 saturated heterocycles. The fourth-order valence-corrected chi connectivity index (χ4v) is 3.14. The summed E-state index contributed by atoms with van der Waals surface area (Å²) < 4.78 is 0. The van der Waals surface area contributed by atoms with E-state index in [0.717, 1.165) is 35.3 Å². The van der Waals surface area contributed by atoms with Gasteiger partial charge in [-0.1, -0.05) is 43.1 Å². The van der Waals surface area contributed by atoms with Gasteiger partial charge < -0.3 is 10.4 Å². The van der Waals surface area contributed by atoms with E-state index in [2.05, 4.69) is 12.2 Å². The van der Waals surface area contributed by atoms with Crippen molar-refractivity contribution >= 4 is 34.8 Å². The van der Waals surface area contributed by atoms with Gasteiger partial charge in [0.2, 0.25) is 0 Å². The molecule has 0 bridgehead atoms. The van der Waals surface area contributed by atoms with Gasteiger partial charge in [-0.2, -0.15) is 0 Å². The Bertz CT molecular complexity index is 920. The minimum Gasteiger partial charge on any atom is -0.506 e. The van der Waals surface area contributed by atoms with Crippen molar-refractivity contribution in [2.24, 2.45) is 0 Å². The van der Waals surface area contributed by atoms with Gasteiger partial charge in [0.1, 0.15) is 16.5 Å². The summed E-state index contributed by atoms with van der Waals surface area (Å²) in [7, 11) is 0. The highest BCUT2D eigenvalue weighted by atomic mass is 35.5. The Kier molecular flexibility index (Phi) is 5.51. The lowest BCUT2D eigenvalue weighted by atomic mass is 10.1. The number of nitrogens with zero attached hydrogens (tertiary/aromatic N) is 1. The molecule has 2 amide bonds. The lowest BCUT2D eigenvalue weighted by Crippen LogP contribution is -2.32. The topological polar surface area (TPSA) is 69.6 Å². The van der Waals surface area contributed by atoms with Crippen LogP contribution in [0.25, 0.3) is 0 Å². The highest BCUT2D eigenvalue weighted by Gasteiger charge is 2.39. The molecule has 1 aliphatic heterocycles. The number of rotatable bonds is 6. The smallest absolute Gasteiger partial charge is 0.283 e. The average Bonchev–Trinajstić information content (AvgIpc) is 2.87. The number of hydrogen-bond donors (Lipinski definition) is 2. The molecule has 0 spiro atoms. The maximum atomic E-state index is 12.8. The molecule has 0 fully saturated rings. The fraction of sp³-hybridized carbons (Fsp3) is 0.238. The van der Waals surface area contributed by atoms with Crippen LogP contribution in [0.5, 0.6) is 5.75 Å². The van der Waals surface area contributed by atoms with E-state index in [9.17, 15) is 14.7 Å². The minimum absolute atomic E-state index is 0.0310. The number of imide groups is 1. The second kappa shape index (κ2) is 7.84. The predicted octanol–water partition coefficient (Wildman–Crippen LogP) is 4.48. The van der Waals surface area contributed by atoms with Crippen LogP contribution < -0.4 is 10.2 Å². The summed E-state index contributed by atoms with van der Waals surface area (Å²) in [6.07, 6.45) is 3.14. The second-order valence-corrected chi connectivity index (χ2v) is 6.93. The third-order valence-electron chi connectivity index (χ3n) is 4.45. The highest BCUT2D eigenvalue weighted by molar-refractivity contribution is 6.53. The van der Waals surface area contributed by atoms with Crippen LogP contribution in [0.15, 0.2) is 53.2 Å². The monoisotopic (exact) mass is 384 g/mol. The molecular formula is C21H21ClN2O3. The predicted molar refractivity (Wildman–Crippen MR) is 107 cm³/mol. The molecule has 2 N–H and O–H groups in total. The van der Waals surface area contributed by atoms with Crippen LogP contribution in [0.2, 0.25) is 0 Å². The molecule has 3 rings (SSSR count). The van der Waals surface area contributed by atoms with Crippen LogP contribution >= 0.6 is 11.6 Å². The summed E-state index contributed by atoms with van der Waals surface area (Å²) in [6.45, 7) is 3.98. The molecule has 6 heteroatoms. The molecule has 0 unspecified atom stereocenters. The molecule has 0 saturated carbocycles. The molecule has 5 nitrogen and oxygen atoms in total. The van der Waals surface area contributed by atoms with Crippen molar-refractivity contribution in [1.82, 2.24) is 0 Å². The quantitative estimate of drug-likeness (QED) is 0.569. The molecule has 2 aromatic rings. The molecule has 2 aromatic carbocycles. The normalized spacial score (nSPS) is 14.3. The molecule has 0 aromatic heterocycles. The van der Waals surface area contributed by atoms with Crippen molar-refractivity contribution in [1.29, 1.82) is 0 Å². The first kappa shape index (κ1) is 19.0. The van der Waals surface area contributed by atoms with E-state index in [4.69, 9.17) is 11.6 Å². The summed E-state index contributed by atoms with van der Waals surface area (Å²) in [5.74, 6) is -1.17. The van der Waals surface area contributed by atoms with Crippen molar-refractivity contribution in [3.8, 4) is 5.75 Å². The van der Waals surface area contributed by atoms with E-state index in [1.807, 2.05) is 19.1 Å². The van der Waals surface area contributed by atoms with Crippen LogP contribution in [0.3, 0.4) is 0 Å². The van der Waals surface area contributed by atoms with Crippen molar-refractivity contribution in [2.75, 3.05) is 10.2 Å². The number of carbonyl (C=O) groups excluding carboxylic acids is 2. The van der Waals surface area contributed by atoms with E-state index in [1.54, 1.807) is 24.3 Å². The molecule has 140 valence electrons. The number of anilines is 2. The first-order chi connectivity index (χ1) is 12.9. The first-order valence-corrected chi connectivity index (χ1v) is 9.24. The lowest BCUT2D eigenvalue weighted by Gasteiger charge is -2.16. The van der Waals surface area contributed by atoms with Crippen LogP contribution in [-0.2, 0) is 16.0 Å². The van der Waals surface area contributed by atoms with Crippen molar-refractivity contribution < 1.29 is 14.7 Å². The van der Waals surface area contributed by atoms with Crippen LogP contribution in [0.1, 0.15) is 30.9 Å². The van der Waals surface area contributed by atoms with Crippen molar-refractivity contribution in [3.63, 3.8) is 0 Å². The zero-order chi connectivity index (χ0) is 19.6. The zero-order valence-corrected chi connectivity index (χ0v) is 16.0. The van der Waals surface area contributed by atoms with E-state index in [0.29, 0.717) is 11.4 Å². The number of halogens is 1. The van der Waals surface area contributed by atoms with Gasteiger partial charge in [-0.05, 0) is 55.2 Å². The standard InChI is InChI=1S/C21H21ClN2O3/c1-3-4-5-14-7-9-15(10-8-14)24-20(26)18(22)19(21(24)27)23-16-12-13(2)6-11-17(16)25/h6-12,23,25H,3-5H2,1-2H3. The molecule has 1 heterocycles. The Morgan fingerprint density at radius 1 is 1.07 bits per heavy atom. The summed E-state index contributed by atoms with van der Waals surface area (Å²) >= 11 is 6.13. The van der Waals surface area contributed by atoms with Gasteiger partial charge in [0.25, 0.3) is 11.8 Å². The van der Waals surface area contributed by atoms with E-state index < -0.39 is 11.8 Å². The SMILES string of the molecule is CCCCc1ccc(N2C(=O)C(Cl)=C(Nc3cc(C)ccc3O)C2=O)cc1. The van der Waals surface area contributed by atoms with Gasteiger partial charge in [0, 0.05) is 0 Å². The molecule has 27 heavy (non-hydrogen) atoms. The van der Waals surface area contributed by atoms with Crippen LogP contribution in [0.4, 0.5) is 11.4 Å². The van der Waals surface area contributed by atoms with Gasteiger partial charge in [0.15, 0.2) is 0 Å². The Balaban J connectivity index is 1.84. The number of hydrogen-bond acceptors (Lipinski definition) is 4. The highest BCUT2D eigenvalue weighted by Crippen LogP contribution is 2.33. The molecular weight excluding hydrogens is 364 g/mol. The Labute approximate surface area is 163 Å². The number of amides is 2. The number of aryl methyl sites for hydroxylation is 2. The minimum atomic E-state index is -0.586. The second-order valence-electron chi connectivity index (χ2n) is 6.55. The van der Waals surface area contributed by atoms with Gasteiger partial charge in [-0.3, -0.25) is 9.59 Å². The van der Waals surface area contributed by atoms with Crippen molar-refractivity contribution in [2.45, 2.75) is 33.1 Å². The lowest BCUT2D eigenvalue weighted by molar-refractivity contribution is -0.120. The summed E-state index contributed by atoms with van der Waals surface area (Å²) in [5, 5.41) is 12.6. The van der Waals surface area contributed by atoms with E-state index in [-0.39, 0.29) is 16.5 Å². The number of aromatic hydroxyl groups is 1. The maximum Gasteiger partial charge on any atom is 0.283 e. The number of carbonyl (C=O) groups is 2. The number of unbranched alkanes of at least 4 members (excludes halogenated alkanes) is 1. The Morgan fingerprint density at radius 2 is 1.78 bits per heavy atom. The van der Waals surface area contributed by atoms with E-state index in [1.165, 1.54) is 6.07 Å². The Hall–Kier alpha value is -2.79. The van der Waals surface area contributed by atoms with Gasteiger partial charge in [0.05, 0.1) is 11.4 Å². The first-order valence-electron chi connectivity index (χ1n) is 8.86. The largest absolute Gasteiger partial charge is 0.506 e. The fourth-order valence-electron chi connectivity index (χ4n) is 2.92. The van der Waals surface area contributed by atoms with Gasteiger partial charge in [-0.25, -0.2) is 4.90 Å². The number of nitrogens with one attached hydrogen (secondary N) is 1. The number of phenolic OH excluding ortho intramolecular Hbond substituents is 1. The molecule has 0 aliphatic carbocycles. The maximum absolute atomic E-state index is 12.8. The van der Waals surface area contributed by atoms with Crippen LogP contribution in [-0.4, -0.2) is 16.9 Å². The molecule has 1 aliphatic rings. The summed E-state index contributed by atoms with van der Waals surface area (Å²) in [4.78, 5) is 26.4. The van der Waals surface area contributed by atoms with Gasteiger partial charge >= 0.3 is 0 Å². The molecule has 0 atom stereocenters. The molecule has 0 radical (unpaired) electrons. The zero-order valence-electron chi connectivity index (χ0n) is 15.3. The van der Waals surface area contributed by atoms with Crippen LogP contribution in [0, 0.1) is 6.92 Å². The Morgan fingerprint density at radius 3 is 2.44 bits per heavy atom. The third kappa shape index (κ3) is 3.83. The summed E-state index contributed by atoms with van der Waals surface area (Å²) in [5.41, 5.74) is 2.79. The number of phenols is 1. The van der Waals surface area contributed by atoms with Crippen molar-refractivity contribution in [3.05, 3.63) is 64.3 Å². The third-order valence-corrected chi connectivity index (χ3v) is 4.80. The average molecular weight is 385 g/mol. The van der Waals surface area contributed by atoms with Gasteiger partial charge in [-0.15, -0.1) is 0 Å². The van der Waals surface area contributed by atoms with E-state index >= 15 is 0 Å².